The molecule has 0 aliphatic rings. The van der Waals surface area contributed by atoms with Crippen molar-refractivity contribution in [1.82, 2.24) is 9.78 Å². The molecule has 9 nitrogen and oxygen atoms in total. The molecule has 0 unspecified atom stereocenters. The Kier molecular flexibility index (Phi) is 7.22. The summed E-state index contributed by atoms with van der Waals surface area (Å²) < 4.78 is 37.9. The summed E-state index contributed by atoms with van der Waals surface area (Å²) >= 11 is 6.98. The SMILES string of the molecule is COc1ccc(NC(=O)Cn2nc(SC)c(S(=O)(=O)c3ccc(Cl)cc3)c2N)cc1OC. The Morgan fingerprint density at radius 2 is 1.81 bits per heavy atom. The molecule has 170 valence electrons. The molecule has 0 aliphatic heterocycles. The molecule has 32 heavy (non-hydrogen) atoms. The quantitative estimate of drug-likeness (QED) is 0.455. The number of anilines is 2. The van der Waals surface area contributed by atoms with Gasteiger partial charge in [0.1, 0.15) is 22.3 Å². The van der Waals surface area contributed by atoms with Crippen molar-refractivity contribution in [1.29, 1.82) is 0 Å². The number of ether oxygens (including phenoxy) is 2. The lowest BCUT2D eigenvalue weighted by Crippen LogP contribution is -2.21. The van der Waals surface area contributed by atoms with E-state index in [4.69, 9.17) is 26.8 Å². The second kappa shape index (κ2) is 9.72. The van der Waals surface area contributed by atoms with Crippen LogP contribution in [0.1, 0.15) is 0 Å². The number of nitrogens with zero attached hydrogens (tertiary/aromatic N) is 2. The number of nitrogens with two attached hydrogens (primary N) is 1. The molecule has 0 fully saturated rings. The number of carbonyl (C=O) groups excluding carboxylic acids is 1. The third-order valence-electron chi connectivity index (χ3n) is 4.46. The topological polar surface area (TPSA) is 126 Å². The molecular weight excluding hydrogens is 476 g/mol. The fraction of sp³-hybridized carbons (Fsp3) is 0.200. The molecule has 0 saturated heterocycles. The maximum absolute atomic E-state index is 13.2. The first-order chi connectivity index (χ1) is 15.2. The van der Waals surface area contributed by atoms with E-state index in [-0.39, 0.29) is 27.2 Å². The fourth-order valence-electron chi connectivity index (χ4n) is 2.92. The summed E-state index contributed by atoms with van der Waals surface area (Å²) in [5, 5.41) is 7.53. The number of hydrogen-bond acceptors (Lipinski definition) is 8. The smallest absolute Gasteiger partial charge is 0.246 e. The summed E-state index contributed by atoms with van der Waals surface area (Å²) in [6.07, 6.45) is 1.68. The van der Waals surface area contributed by atoms with Gasteiger partial charge in [-0.1, -0.05) is 11.6 Å². The second-order valence-corrected chi connectivity index (χ2v) is 9.57. The molecule has 3 rings (SSSR count). The van der Waals surface area contributed by atoms with Crippen molar-refractivity contribution in [2.45, 2.75) is 21.4 Å². The average molecular weight is 497 g/mol. The zero-order chi connectivity index (χ0) is 23.5. The lowest BCUT2D eigenvalue weighted by atomic mass is 10.2. The minimum atomic E-state index is -3.97. The average Bonchev–Trinajstić information content (AvgIpc) is 3.09. The van der Waals surface area contributed by atoms with Crippen LogP contribution in [0.2, 0.25) is 5.02 Å². The Balaban J connectivity index is 1.88. The first-order valence-electron chi connectivity index (χ1n) is 9.14. The van der Waals surface area contributed by atoms with E-state index in [9.17, 15) is 13.2 Å². The molecule has 3 N–H and O–H groups in total. The van der Waals surface area contributed by atoms with E-state index in [1.54, 1.807) is 24.5 Å². The number of nitrogens with one attached hydrogen (secondary N) is 1. The minimum absolute atomic E-state index is 0.0261. The number of sulfone groups is 1. The van der Waals surface area contributed by atoms with E-state index in [0.717, 1.165) is 16.4 Å². The number of hydrogen-bond donors (Lipinski definition) is 2. The lowest BCUT2D eigenvalue weighted by molar-refractivity contribution is -0.116. The van der Waals surface area contributed by atoms with Gasteiger partial charge in [-0.2, -0.15) is 5.10 Å². The van der Waals surface area contributed by atoms with Gasteiger partial charge >= 0.3 is 0 Å². The maximum Gasteiger partial charge on any atom is 0.246 e. The monoisotopic (exact) mass is 496 g/mol. The maximum atomic E-state index is 13.2. The number of nitrogen functional groups attached to an aromatic ring is 1. The molecule has 0 atom stereocenters. The molecule has 1 amide bonds. The molecule has 1 heterocycles. The Morgan fingerprint density at radius 1 is 1.16 bits per heavy atom. The van der Waals surface area contributed by atoms with Gasteiger partial charge in [-0.25, -0.2) is 13.1 Å². The Hall–Kier alpha value is -2.89. The van der Waals surface area contributed by atoms with Crippen LogP contribution in [0.15, 0.2) is 57.3 Å². The molecule has 2 aromatic carbocycles. The van der Waals surface area contributed by atoms with Crippen LogP contribution in [0.5, 0.6) is 11.5 Å². The van der Waals surface area contributed by atoms with Crippen LogP contribution in [-0.2, 0) is 21.2 Å². The number of benzene rings is 2. The summed E-state index contributed by atoms with van der Waals surface area (Å²) in [6, 6.07) is 10.6. The highest BCUT2D eigenvalue weighted by Gasteiger charge is 2.29. The first kappa shape index (κ1) is 23.8. The van der Waals surface area contributed by atoms with Gasteiger partial charge in [-0.15, -0.1) is 11.8 Å². The summed E-state index contributed by atoms with van der Waals surface area (Å²) in [4.78, 5) is 12.5. The molecule has 0 spiro atoms. The standard InChI is InChI=1S/C20H21ClN4O5S2/c1-29-15-9-6-13(10-16(15)30-2)23-17(26)11-25-19(22)18(20(24-25)31-3)32(27,28)14-7-4-12(21)5-8-14/h4-10H,11,22H2,1-3H3,(H,23,26). The van der Waals surface area contributed by atoms with E-state index >= 15 is 0 Å². The largest absolute Gasteiger partial charge is 0.493 e. The molecule has 0 aliphatic carbocycles. The number of thioether (sulfide) groups is 1. The first-order valence-corrected chi connectivity index (χ1v) is 12.2. The molecule has 0 saturated carbocycles. The number of carbonyl (C=O) groups is 1. The predicted octanol–water partition coefficient (Wildman–Crippen LogP) is 3.33. The van der Waals surface area contributed by atoms with E-state index in [2.05, 4.69) is 10.4 Å². The fourth-order valence-corrected chi connectivity index (χ4v) is 5.48. The summed E-state index contributed by atoms with van der Waals surface area (Å²) in [6.45, 7) is -0.288. The predicted molar refractivity (Wildman–Crippen MR) is 123 cm³/mol. The highest BCUT2D eigenvalue weighted by Crippen LogP contribution is 2.34. The van der Waals surface area contributed by atoms with Crippen LogP contribution in [0.4, 0.5) is 11.5 Å². The summed E-state index contributed by atoms with van der Waals surface area (Å²) in [7, 11) is -0.974. The van der Waals surface area contributed by atoms with Gasteiger partial charge in [0.25, 0.3) is 0 Å². The number of halogens is 1. The summed E-state index contributed by atoms with van der Waals surface area (Å²) in [5.41, 5.74) is 6.59. The molecule has 3 aromatic rings. The Labute approximate surface area is 194 Å². The zero-order valence-electron chi connectivity index (χ0n) is 17.5. The second-order valence-electron chi connectivity index (χ2n) is 6.46. The molecule has 0 bridgehead atoms. The van der Waals surface area contributed by atoms with Gasteiger partial charge < -0.3 is 20.5 Å². The molecular formula is C20H21ClN4O5S2. The number of methoxy groups -OCH3 is 2. The van der Waals surface area contributed by atoms with Crippen LogP contribution in [0.3, 0.4) is 0 Å². The third kappa shape index (κ3) is 4.79. The van der Waals surface area contributed by atoms with Gasteiger partial charge in [0, 0.05) is 16.8 Å². The normalized spacial score (nSPS) is 11.2. The van der Waals surface area contributed by atoms with Crippen molar-refractivity contribution >= 4 is 50.6 Å². The van der Waals surface area contributed by atoms with Gasteiger partial charge in [0.2, 0.25) is 15.7 Å². The molecule has 12 heteroatoms. The van der Waals surface area contributed by atoms with Crippen LogP contribution < -0.4 is 20.5 Å². The highest BCUT2D eigenvalue weighted by atomic mass is 35.5. The highest BCUT2D eigenvalue weighted by molar-refractivity contribution is 7.99. The van der Waals surface area contributed by atoms with Crippen molar-refractivity contribution in [2.24, 2.45) is 0 Å². The number of rotatable bonds is 8. The third-order valence-corrected chi connectivity index (χ3v) is 7.35. The van der Waals surface area contributed by atoms with Crippen LogP contribution >= 0.6 is 23.4 Å². The van der Waals surface area contributed by atoms with Crippen molar-refractivity contribution < 1.29 is 22.7 Å². The van der Waals surface area contributed by atoms with Crippen molar-refractivity contribution in [3.05, 3.63) is 47.5 Å². The van der Waals surface area contributed by atoms with Crippen LogP contribution in [-0.4, -0.2) is 44.6 Å². The van der Waals surface area contributed by atoms with Gasteiger partial charge in [-0.05, 0) is 42.7 Å². The van der Waals surface area contributed by atoms with Gasteiger partial charge in [0.15, 0.2) is 11.5 Å². The van der Waals surface area contributed by atoms with Crippen molar-refractivity contribution in [3.63, 3.8) is 0 Å². The van der Waals surface area contributed by atoms with E-state index in [0.29, 0.717) is 22.2 Å². The van der Waals surface area contributed by atoms with E-state index in [1.165, 1.54) is 38.5 Å². The zero-order valence-corrected chi connectivity index (χ0v) is 19.8. The van der Waals surface area contributed by atoms with Gasteiger partial charge in [-0.3, -0.25) is 4.79 Å². The Morgan fingerprint density at radius 3 is 2.41 bits per heavy atom. The number of aromatic nitrogens is 2. The van der Waals surface area contributed by atoms with Crippen LogP contribution in [0, 0.1) is 0 Å². The van der Waals surface area contributed by atoms with Gasteiger partial charge in [0.05, 0.1) is 19.1 Å². The Bertz CT molecular complexity index is 1240. The lowest BCUT2D eigenvalue weighted by Gasteiger charge is -2.11. The number of amides is 1. The molecule has 1 aromatic heterocycles. The van der Waals surface area contributed by atoms with Crippen molar-refractivity contribution in [2.75, 3.05) is 31.5 Å². The van der Waals surface area contributed by atoms with E-state index in [1.807, 2.05) is 0 Å². The summed E-state index contributed by atoms with van der Waals surface area (Å²) in [5.74, 6) is 0.384. The minimum Gasteiger partial charge on any atom is -0.493 e. The van der Waals surface area contributed by atoms with Crippen LogP contribution in [0.25, 0.3) is 0 Å². The van der Waals surface area contributed by atoms with E-state index < -0.39 is 15.7 Å². The van der Waals surface area contributed by atoms with Crippen molar-refractivity contribution in [3.8, 4) is 11.5 Å². The molecule has 0 radical (unpaired) electrons.